The number of methoxy groups -OCH3 is 1. The van der Waals surface area contributed by atoms with E-state index < -0.39 is 0 Å². The number of nitrogens with one attached hydrogen (secondary N) is 1. The van der Waals surface area contributed by atoms with E-state index in [0.717, 1.165) is 61.9 Å². The van der Waals surface area contributed by atoms with Gasteiger partial charge >= 0.3 is 5.97 Å². The molecule has 1 saturated carbocycles. The number of fused-ring (bicyclic) bond motifs is 1. The minimum Gasteiger partial charge on any atom is -0.465 e. The zero-order chi connectivity index (χ0) is 22.2. The predicted octanol–water partition coefficient (Wildman–Crippen LogP) is 3.92. The molecule has 1 aliphatic heterocycles. The Balaban J connectivity index is 1.29. The van der Waals surface area contributed by atoms with Gasteiger partial charge in [0.25, 0.3) is 0 Å². The zero-order valence-corrected chi connectivity index (χ0v) is 20.2. The van der Waals surface area contributed by atoms with Gasteiger partial charge in [0.15, 0.2) is 5.16 Å². The lowest BCUT2D eigenvalue weighted by atomic mass is 9.88. The third-order valence-electron chi connectivity index (χ3n) is 6.43. The molecule has 0 radical (unpaired) electrons. The van der Waals surface area contributed by atoms with Crippen LogP contribution in [0, 0.1) is 5.92 Å². The van der Waals surface area contributed by atoms with Crippen molar-refractivity contribution >= 4 is 45.9 Å². The molecule has 32 heavy (non-hydrogen) atoms. The summed E-state index contributed by atoms with van der Waals surface area (Å²) in [6.45, 7) is 4.27. The summed E-state index contributed by atoms with van der Waals surface area (Å²) in [7, 11) is 1.39. The van der Waals surface area contributed by atoms with Gasteiger partial charge in [-0.05, 0) is 56.4 Å². The van der Waals surface area contributed by atoms with Gasteiger partial charge in [-0.2, -0.15) is 0 Å². The van der Waals surface area contributed by atoms with E-state index >= 15 is 0 Å². The molecule has 2 fully saturated rings. The van der Waals surface area contributed by atoms with Crippen molar-refractivity contribution in [3.63, 3.8) is 0 Å². The van der Waals surface area contributed by atoms with Gasteiger partial charge in [0, 0.05) is 24.0 Å². The quantitative estimate of drug-likeness (QED) is 0.480. The van der Waals surface area contributed by atoms with Gasteiger partial charge in [0.1, 0.15) is 5.00 Å². The van der Waals surface area contributed by atoms with Crippen molar-refractivity contribution in [2.24, 2.45) is 5.92 Å². The molecule has 1 unspecified atom stereocenters. The SMILES string of the molecule is COC(=O)c1c(NC(=O)CSc2nnc(N3CCCC3)n2C2CC2)sc2c1CCC(C)C2. The summed E-state index contributed by atoms with van der Waals surface area (Å²) in [5, 5.41) is 13.3. The summed E-state index contributed by atoms with van der Waals surface area (Å²) in [5.41, 5.74) is 1.59. The van der Waals surface area contributed by atoms with Crippen molar-refractivity contribution in [2.75, 3.05) is 36.2 Å². The van der Waals surface area contributed by atoms with E-state index in [4.69, 9.17) is 4.74 Å². The van der Waals surface area contributed by atoms with Crippen molar-refractivity contribution in [3.05, 3.63) is 16.0 Å². The van der Waals surface area contributed by atoms with Gasteiger partial charge in [-0.1, -0.05) is 18.7 Å². The number of hydrogen-bond acceptors (Lipinski definition) is 8. The Morgan fingerprint density at radius 2 is 2.00 bits per heavy atom. The molecule has 1 atom stereocenters. The van der Waals surface area contributed by atoms with Crippen LogP contribution in [0.3, 0.4) is 0 Å². The fourth-order valence-corrected chi connectivity index (χ4v) is 6.82. The van der Waals surface area contributed by atoms with Crippen molar-refractivity contribution in [3.8, 4) is 0 Å². The van der Waals surface area contributed by atoms with E-state index in [1.807, 2.05) is 0 Å². The van der Waals surface area contributed by atoms with Crippen molar-refractivity contribution < 1.29 is 14.3 Å². The average Bonchev–Trinajstić information content (AvgIpc) is 3.17. The van der Waals surface area contributed by atoms with E-state index in [2.05, 4.69) is 31.9 Å². The van der Waals surface area contributed by atoms with Crippen molar-refractivity contribution in [2.45, 2.75) is 63.1 Å². The predicted molar refractivity (Wildman–Crippen MR) is 126 cm³/mol. The Morgan fingerprint density at radius 1 is 1.22 bits per heavy atom. The lowest BCUT2D eigenvalue weighted by Crippen LogP contribution is -2.22. The number of aromatic nitrogens is 3. The number of amides is 1. The third-order valence-corrected chi connectivity index (χ3v) is 8.55. The maximum absolute atomic E-state index is 12.8. The van der Waals surface area contributed by atoms with Crippen LogP contribution in [0.5, 0.6) is 0 Å². The van der Waals surface area contributed by atoms with Gasteiger partial charge in [0.2, 0.25) is 11.9 Å². The maximum Gasteiger partial charge on any atom is 0.341 e. The molecular formula is C22H29N5O3S2. The highest BCUT2D eigenvalue weighted by atomic mass is 32.2. The molecule has 5 rings (SSSR count). The molecule has 1 saturated heterocycles. The highest BCUT2D eigenvalue weighted by molar-refractivity contribution is 7.99. The number of carbonyl (C=O) groups is 2. The Morgan fingerprint density at radius 3 is 2.72 bits per heavy atom. The molecule has 2 aromatic rings. The van der Waals surface area contributed by atoms with E-state index in [9.17, 15) is 9.59 Å². The smallest absolute Gasteiger partial charge is 0.341 e. The number of thiophene rings is 1. The minimum atomic E-state index is -0.372. The second-order valence-electron chi connectivity index (χ2n) is 8.96. The molecule has 1 N–H and O–H groups in total. The van der Waals surface area contributed by atoms with Crippen molar-refractivity contribution in [1.82, 2.24) is 14.8 Å². The number of hydrogen-bond donors (Lipinski definition) is 1. The molecule has 3 aliphatic rings. The summed E-state index contributed by atoms with van der Waals surface area (Å²) in [6.07, 6.45) is 7.50. The number of rotatable bonds is 7. The molecule has 2 aliphatic carbocycles. The number of nitrogens with zero attached hydrogens (tertiary/aromatic N) is 4. The summed E-state index contributed by atoms with van der Waals surface area (Å²) >= 11 is 2.93. The fraction of sp³-hybridized carbons (Fsp3) is 0.636. The van der Waals surface area contributed by atoms with Crippen LogP contribution in [0.4, 0.5) is 10.9 Å². The van der Waals surface area contributed by atoms with E-state index in [0.29, 0.717) is 22.5 Å². The lowest BCUT2D eigenvalue weighted by Gasteiger charge is -2.18. The zero-order valence-electron chi connectivity index (χ0n) is 18.6. The molecule has 0 bridgehead atoms. The number of anilines is 2. The number of thioether (sulfide) groups is 1. The first-order valence-electron chi connectivity index (χ1n) is 11.4. The topological polar surface area (TPSA) is 89.3 Å². The molecule has 10 heteroatoms. The van der Waals surface area contributed by atoms with E-state index in [1.165, 1.54) is 47.9 Å². The van der Waals surface area contributed by atoms with Gasteiger partial charge < -0.3 is 15.0 Å². The van der Waals surface area contributed by atoms with Crippen LogP contribution in [-0.4, -0.2) is 52.6 Å². The Bertz CT molecular complexity index is 1020. The van der Waals surface area contributed by atoms with Crippen LogP contribution in [0.1, 0.15) is 65.9 Å². The normalized spacial score (nSPS) is 20.3. The van der Waals surface area contributed by atoms with Crippen LogP contribution in [0.15, 0.2) is 5.16 Å². The van der Waals surface area contributed by atoms with Crippen LogP contribution in [-0.2, 0) is 22.4 Å². The highest BCUT2D eigenvalue weighted by Crippen LogP contribution is 2.42. The van der Waals surface area contributed by atoms with E-state index in [1.54, 1.807) is 0 Å². The van der Waals surface area contributed by atoms with Gasteiger partial charge in [-0.15, -0.1) is 21.5 Å². The average molecular weight is 476 g/mol. The standard InChI is InChI=1S/C22H29N5O3S2/c1-13-5-8-15-16(11-13)32-19(18(15)20(29)30-2)23-17(28)12-31-22-25-24-21(26-9-3-4-10-26)27(22)14-6-7-14/h13-14H,3-12H2,1-2H3,(H,23,28). The summed E-state index contributed by atoms with van der Waals surface area (Å²) < 4.78 is 7.24. The van der Waals surface area contributed by atoms with Crippen LogP contribution >= 0.6 is 23.1 Å². The van der Waals surface area contributed by atoms with E-state index in [-0.39, 0.29) is 17.6 Å². The monoisotopic (exact) mass is 475 g/mol. The van der Waals surface area contributed by atoms with Crippen LogP contribution in [0.25, 0.3) is 0 Å². The maximum atomic E-state index is 12.8. The molecule has 172 valence electrons. The molecule has 0 aromatic carbocycles. The first-order valence-corrected chi connectivity index (χ1v) is 13.2. The molecule has 8 nitrogen and oxygen atoms in total. The van der Waals surface area contributed by atoms with Crippen molar-refractivity contribution in [1.29, 1.82) is 0 Å². The molecule has 2 aromatic heterocycles. The Labute approximate surface area is 196 Å². The first kappa shape index (κ1) is 21.8. The van der Waals surface area contributed by atoms with Gasteiger partial charge in [-0.25, -0.2) is 4.79 Å². The Hall–Kier alpha value is -2.07. The molecule has 1 amide bonds. The van der Waals surface area contributed by atoms with Gasteiger partial charge in [0.05, 0.1) is 18.4 Å². The molecule has 3 heterocycles. The molecular weight excluding hydrogens is 446 g/mol. The highest BCUT2D eigenvalue weighted by Gasteiger charge is 2.33. The fourth-order valence-electron chi connectivity index (χ4n) is 4.60. The second-order valence-corrected chi connectivity index (χ2v) is 11.0. The summed E-state index contributed by atoms with van der Waals surface area (Å²) in [6, 6.07) is 0.447. The summed E-state index contributed by atoms with van der Waals surface area (Å²) in [5.74, 6) is 1.25. The number of ether oxygens (including phenoxy) is 1. The van der Waals surface area contributed by atoms with Gasteiger partial charge in [-0.3, -0.25) is 9.36 Å². The third kappa shape index (κ3) is 4.26. The minimum absolute atomic E-state index is 0.139. The Kier molecular flexibility index (Phi) is 6.16. The van der Waals surface area contributed by atoms with Crippen LogP contribution in [0.2, 0.25) is 0 Å². The number of esters is 1. The summed E-state index contributed by atoms with van der Waals surface area (Å²) in [4.78, 5) is 28.8. The number of carbonyl (C=O) groups excluding carboxylic acids is 2. The lowest BCUT2D eigenvalue weighted by molar-refractivity contribution is -0.113. The first-order chi connectivity index (χ1) is 15.5. The second kappa shape index (κ2) is 9.05. The molecule has 0 spiro atoms. The largest absolute Gasteiger partial charge is 0.465 e. The van der Waals surface area contributed by atoms with Crippen LogP contribution < -0.4 is 10.2 Å².